The number of carbonyl (C=O) groups excluding carboxylic acids is 2. The third-order valence-corrected chi connectivity index (χ3v) is 6.88. The number of amides is 1. The van der Waals surface area contributed by atoms with E-state index in [1.165, 1.54) is 17.0 Å². The van der Waals surface area contributed by atoms with Crippen LogP contribution in [0, 0.1) is 11.6 Å². The van der Waals surface area contributed by atoms with Gasteiger partial charge in [-0.05, 0) is 67.6 Å². The first-order valence-electron chi connectivity index (χ1n) is 13.3. The van der Waals surface area contributed by atoms with Crippen molar-refractivity contribution in [2.24, 2.45) is 0 Å². The molecule has 1 amide bonds. The summed E-state index contributed by atoms with van der Waals surface area (Å²) in [5.74, 6) is -2.58. The Morgan fingerprint density at radius 1 is 1.05 bits per heavy atom. The van der Waals surface area contributed by atoms with Crippen LogP contribution in [0.5, 0.6) is 5.75 Å². The summed E-state index contributed by atoms with van der Waals surface area (Å²) in [5, 5.41) is 8.94. The Hall–Kier alpha value is -3.33. The summed E-state index contributed by atoms with van der Waals surface area (Å²) in [5.41, 5.74) is 0.652. The van der Waals surface area contributed by atoms with E-state index in [1.54, 1.807) is 32.9 Å². The molecule has 39 heavy (non-hydrogen) atoms. The molecule has 3 rings (SSSR count). The molecule has 0 unspecified atom stereocenters. The third kappa shape index (κ3) is 7.41. The monoisotopic (exact) mass is 545 g/mol. The molecule has 0 radical (unpaired) electrons. The molecular weight excluding hydrogens is 508 g/mol. The molecule has 1 aliphatic heterocycles. The van der Waals surface area contributed by atoms with Crippen LogP contribution in [0.3, 0.4) is 0 Å². The molecular formula is C30H37F2NO6. The maximum Gasteiger partial charge on any atom is 0.303 e. The van der Waals surface area contributed by atoms with Gasteiger partial charge in [-0.25, -0.2) is 8.78 Å². The molecule has 0 saturated heterocycles. The molecule has 1 aliphatic rings. The van der Waals surface area contributed by atoms with Gasteiger partial charge in [0, 0.05) is 43.4 Å². The zero-order valence-corrected chi connectivity index (χ0v) is 23.0. The Morgan fingerprint density at radius 3 is 2.36 bits per heavy atom. The predicted octanol–water partition coefficient (Wildman–Crippen LogP) is 5.17. The van der Waals surface area contributed by atoms with Crippen LogP contribution < -0.4 is 4.74 Å². The SMILES string of the molecule is CCOCC(C)(C)c1c(F)cc(CC(=O)[C@H]2c3ccc(OCC)cc3CCN2C(=O)CCCC(=O)O)cc1F. The summed E-state index contributed by atoms with van der Waals surface area (Å²) in [6, 6.07) is 6.72. The number of ether oxygens (including phenoxy) is 2. The van der Waals surface area contributed by atoms with Crippen LogP contribution in [0.25, 0.3) is 0 Å². The van der Waals surface area contributed by atoms with E-state index in [2.05, 4.69) is 0 Å². The molecule has 0 spiro atoms. The zero-order valence-electron chi connectivity index (χ0n) is 23.0. The van der Waals surface area contributed by atoms with Gasteiger partial charge in [0.25, 0.3) is 0 Å². The fourth-order valence-corrected chi connectivity index (χ4v) is 5.11. The Bertz CT molecular complexity index is 1190. The van der Waals surface area contributed by atoms with Crippen LogP contribution in [-0.4, -0.2) is 54.0 Å². The summed E-state index contributed by atoms with van der Waals surface area (Å²) in [7, 11) is 0. The Labute approximate surface area is 228 Å². The lowest BCUT2D eigenvalue weighted by Crippen LogP contribution is -2.44. The van der Waals surface area contributed by atoms with Crippen LogP contribution in [0.4, 0.5) is 8.78 Å². The molecule has 1 N–H and O–H groups in total. The highest BCUT2D eigenvalue weighted by Crippen LogP contribution is 2.35. The van der Waals surface area contributed by atoms with Gasteiger partial charge in [-0.1, -0.05) is 19.9 Å². The summed E-state index contributed by atoms with van der Waals surface area (Å²) in [6.45, 7) is 8.35. The summed E-state index contributed by atoms with van der Waals surface area (Å²) >= 11 is 0. The molecule has 2 aromatic carbocycles. The van der Waals surface area contributed by atoms with Crippen molar-refractivity contribution < 1.29 is 37.7 Å². The van der Waals surface area contributed by atoms with E-state index in [-0.39, 0.29) is 61.7 Å². The van der Waals surface area contributed by atoms with E-state index >= 15 is 8.78 Å². The number of halogens is 2. The van der Waals surface area contributed by atoms with Gasteiger partial charge < -0.3 is 19.5 Å². The minimum Gasteiger partial charge on any atom is -0.494 e. The lowest BCUT2D eigenvalue weighted by atomic mass is 9.83. The maximum absolute atomic E-state index is 15.2. The number of rotatable bonds is 13. The van der Waals surface area contributed by atoms with Crippen molar-refractivity contribution in [3.63, 3.8) is 0 Å². The van der Waals surface area contributed by atoms with Crippen molar-refractivity contribution in [3.05, 3.63) is 64.2 Å². The van der Waals surface area contributed by atoms with Crippen molar-refractivity contribution in [1.29, 1.82) is 0 Å². The number of aliphatic carboxylic acids is 1. The molecule has 0 fully saturated rings. The van der Waals surface area contributed by atoms with E-state index < -0.39 is 29.1 Å². The van der Waals surface area contributed by atoms with Gasteiger partial charge in [0.2, 0.25) is 5.91 Å². The average molecular weight is 546 g/mol. The summed E-state index contributed by atoms with van der Waals surface area (Å²) in [6.07, 6.45) is 0.192. The number of Topliss-reactive ketones (excluding diaryl/α,β-unsaturated/α-hetero) is 1. The second kappa shape index (κ2) is 13.2. The van der Waals surface area contributed by atoms with Crippen molar-refractivity contribution in [3.8, 4) is 5.75 Å². The van der Waals surface area contributed by atoms with E-state index in [4.69, 9.17) is 14.6 Å². The minimum atomic E-state index is -1.00. The minimum absolute atomic E-state index is 0.0185. The number of carboxylic acid groups (broad SMARTS) is 1. The van der Waals surface area contributed by atoms with Gasteiger partial charge >= 0.3 is 5.97 Å². The lowest BCUT2D eigenvalue weighted by Gasteiger charge is -2.37. The first-order valence-corrected chi connectivity index (χ1v) is 13.3. The van der Waals surface area contributed by atoms with Crippen molar-refractivity contribution in [2.75, 3.05) is 26.4 Å². The summed E-state index contributed by atoms with van der Waals surface area (Å²) in [4.78, 5) is 39.2. The largest absolute Gasteiger partial charge is 0.494 e. The van der Waals surface area contributed by atoms with Gasteiger partial charge in [0.15, 0.2) is 5.78 Å². The number of carbonyl (C=O) groups is 3. The molecule has 212 valence electrons. The van der Waals surface area contributed by atoms with E-state index in [0.717, 1.165) is 5.56 Å². The molecule has 1 atom stereocenters. The number of hydrogen-bond acceptors (Lipinski definition) is 5. The molecule has 1 heterocycles. The van der Waals surface area contributed by atoms with Crippen LogP contribution in [-0.2, 0) is 37.4 Å². The van der Waals surface area contributed by atoms with E-state index in [1.807, 2.05) is 13.0 Å². The van der Waals surface area contributed by atoms with Gasteiger partial charge in [-0.3, -0.25) is 14.4 Å². The number of nitrogens with zero attached hydrogens (tertiary/aromatic N) is 1. The normalized spacial score (nSPS) is 15.1. The Balaban J connectivity index is 1.92. The zero-order chi connectivity index (χ0) is 28.7. The average Bonchev–Trinajstić information content (AvgIpc) is 2.86. The molecule has 2 aromatic rings. The van der Waals surface area contributed by atoms with Crippen LogP contribution in [0.15, 0.2) is 30.3 Å². The highest BCUT2D eigenvalue weighted by molar-refractivity contribution is 5.92. The van der Waals surface area contributed by atoms with Crippen LogP contribution in [0.2, 0.25) is 0 Å². The summed E-state index contributed by atoms with van der Waals surface area (Å²) < 4.78 is 41.3. The molecule has 9 heteroatoms. The highest BCUT2D eigenvalue weighted by Gasteiger charge is 2.36. The second-order valence-electron chi connectivity index (χ2n) is 10.4. The van der Waals surface area contributed by atoms with E-state index in [9.17, 15) is 14.4 Å². The fourth-order valence-electron chi connectivity index (χ4n) is 5.11. The first-order chi connectivity index (χ1) is 18.5. The van der Waals surface area contributed by atoms with Gasteiger partial charge in [-0.2, -0.15) is 0 Å². The fraction of sp³-hybridized carbons (Fsp3) is 0.500. The van der Waals surface area contributed by atoms with Crippen molar-refractivity contribution in [1.82, 2.24) is 4.90 Å². The second-order valence-corrected chi connectivity index (χ2v) is 10.4. The molecule has 0 bridgehead atoms. The van der Waals surface area contributed by atoms with Gasteiger partial charge in [-0.15, -0.1) is 0 Å². The molecule has 0 aromatic heterocycles. The molecule has 0 saturated carbocycles. The van der Waals surface area contributed by atoms with Gasteiger partial charge in [0.05, 0.1) is 13.2 Å². The van der Waals surface area contributed by atoms with Crippen LogP contribution >= 0.6 is 0 Å². The highest BCUT2D eigenvalue weighted by atomic mass is 19.1. The van der Waals surface area contributed by atoms with E-state index in [0.29, 0.717) is 30.9 Å². The molecule has 7 nitrogen and oxygen atoms in total. The number of hydrogen-bond donors (Lipinski definition) is 1. The quantitative estimate of drug-likeness (QED) is 0.373. The predicted molar refractivity (Wildman–Crippen MR) is 142 cm³/mol. The number of fused-ring (bicyclic) bond motifs is 1. The van der Waals surface area contributed by atoms with Crippen molar-refractivity contribution >= 4 is 17.7 Å². The first kappa shape index (κ1) is 30.2. The van der Waals surface area contributed by atoms with Crippen LogP contribution in [0.1, 0.15) is 75.3 Å². The Kier molecular flexibility index (Phi) is 10.2. The molecule has 0 aliphatic carbocycles. The standard InChI is InChI=1S/C30H37F2NO6/c1-5-38-18-30(3,4)28-23(31)14-19(15-24(28)32)16-25(34)29-22-11-10-21(39-6-2)17-20(22)12-13-33(29)26(35)8-7-9-27(36)37/h10-11,14-15,17,29H,5-9,12-13,16,18H2,1-4H3,(H,36,37)/t29-/m1/s1. The maximum atomic E-state index is 15.2. The van der Waals surface area contributed by atoms with Crippen molar-refractivity contribution in [2.45, 2.75) is 71.3 Å². The number of carboxylic acids is 1. The van der Waals surface area contributed by atoms with Gasteiger partial charge in [0.1, 0.15) is 23.4 Å². The topological polar surface area (TPSA) is 93.1 Å². The number of benzene rings is 2. The smallest absolute Gasteiger partial charge is 0.303 e. The lowest BCUT2D eigenvalue weighted by molar-refractivity contribution is -0.141. The number of ketones is 1. The Morgan fingerprint density at radius 2 is 1.74 bits per heavy atom. The third-order valence-electron chi connectivity index (χ3n) is 6.88.